The summed E-state index contributed by atoms with van der Waals surface area (Å²) in [5.41, 5.74) is 2.84. The summed E-state index contributed by atoms with van der Waals surface area (Å²) in [6.45, 7) is 12.0. The number of hydrogen-bond donors (Lipinski definition) is 1. The molecule has 0 aliphatic carbocycles. The van der Waals surface area contributed by atoms with Gasteiger partial charge in [0.15, 0.2) is 0 Å². The molecule has 0 atom stereocenters. The van der Waals surface area contributed by atoms with Gasteiger partial charge in [-0.25, -0.2) is 0 Å². The van der Waals surface area contributed by atoms with E-state index in [0.717, 1.165) is 32.0 Å². The Hall–Kier alpha value is -1.06. The van der Waals surface area contributed by atoms with E-state index >= 15 is 0 Å². The molecule has 1 heterocycles. The zero-order valence-corrected chi connectivity index (χ0v) is 13.0. The van der Waals surface area contributed by atoms with E-state index in [0.29, 0.717) is 6.04 Å². The summed E-state index contributed by atoms with van der Waals surface area (Å²) in [5.74, 6) is 0.990. The van der Waals surface area contributed by atoms with Crippen LogP contribution in [0.15, 0.2) is 18.2 Å². The van der Waals surface area contributed by atoms with Gasteiger partial charge in [0.1, 0.15) is 12.4 Å². The van der Waals surface area contributed by atoms with E-state index in [1.54, 1.807) is 0 Å². The number of benzene rings is 1. The first kappa shape index (κ1) is 16.0. The lowest BCUT2D eigenvalue weighted by Crippen LogP contribution is -2.27. The molecule has 0 unspecified atom stereocenters. The summed E-state index contributed by atoms with van der Waals surface area (Å²) in [5, 5.41) is 3.34. The Balaban J connectivity index is 0.000000861. The van der Waals surface area contributed by atoms with Crippen LogP contribution in [0, 0.1) is 0 Å². The van der Waals surface area contributed by atoms with E-state index in [9.17, 15) is 0 Å². The van der Waals surface area contributed by atoms with Gasteiger partial charge in [-0.05, 0) is 30.3 Å². The Morgan fingerprint density at radius 1 is 1.21 bits per heavy atom. The normalized spacial score (nSPS) is 14.0. The Morgan fingerprint density at radius 3 is 2.58 bits per heavy atom. The maximum atomic E-state index is 5.74. The van der Waals surface area contributed by atoms with Crippen molar-refractivity contribution in [2.45, 2.75) is 46.8 Å². The minimum Gasteiger partial charge on any atom is -0.492 e. The molecule has 0 fully saturated rings. The van der Waals surface area contributed by atoms with Gasteiger partial charge in [-0.1, -0.05) is 33.8 Å². The summed E-state index contributed by atoms with van der Waals surface area (Å²) < 4.78 is 5.74. The molecule has 1 aliphatic heterocycles. The molecule has 1 N–H and O–H groups in total. The highest BCUT2D eigenvalue weighted by molar-refractivity contribution is 5.37. The van der Waals surface area contributed by atoms with Gasteiger partial charge < -0.3 is 10.1 Å². The molecule has 1 aromatic rings. The fourth-order valence-electron chi connectivity index (χ4n) is 2.15. The van der Waals surface area contributed by atoms with Crippen LogP contribution >= 0.6 is 0 Å². The molecule has 0 bridgehead atoms. The van der Waals surface area contributed by atoms with Crippen molar-refractivity contribution in [3.05, 3.63) is 29.3 Å². The molecule has 0 saturated carbocycles. The lowest BCUT2D eigenvalue weighted by Gasteiger charge is -2.10. The first-order chi connectivity index (χ1) is 9.15. The van der Waals surface area contributed by atoms with Crippen LogP contribution in [-0.4, -0.2) is 31.1 Å². The zero-order valence-electron chi connectivity index (χ0n) is 13.0. The molecule has 1 aliphatic rings. The molecule has 0 saturated heterocycles. The Labute approximate surface area is 118 Å². The third-order valence-electron chi connectivity index (χ3n) is 2.98. The first-order valence-corrected chi connectivity index (χ1v) is 7.31. The van der Waals surface area contributed by atoms with E-state index in [2.05, 4.69) is 49.3 Å². The number of hydrogen-bond acceptors (Lipinski definition) is 3. The van der Waals surface area contributed by atoms with Crippen LogP contribution in [0.4, 0.5) is 0 Å². The van der Waals surface area contributed by atoms with Crippen molar-refractivity contribution >= 4 is 0 Å². The van der Waals surface area contributed by atoms with Crippen molar-refractivity contribution < 1.29 is 4.74 Å². The molecule has 0 amide bonds. The van der Waals surface area contributed by atoms with Crippen LogP contribution in [0.1, 0.15) is 38.8 Å². The fraction of sp³-hybridized carbons (Fsp3) is 0.625. The maximum Gasteiger partial charge on any atom is 0.119 e. The van der Waals surface area contributed by atoms with Crippen LogP contribution in [0.2, 0.25) is 0 Å². The zero-order chi connectivity index (χ0) is 14.3. The lowest BCUT2D eigenvalue weighted by atomic mass is 10.1. The second kappa shape index (κ2) is 8.18. The third-order valence-corrected chi connectivity index (χ3v) is 2.98. The van der Waals surface area contributed by atoms with E-state index in [1.807, 2.05) is 13.8 Å². The molecule has 3 heteroatoms. The molecule has 0 aromatic heterocycles. The monoisotopic (exact) mass is 264 g/mol. The van der Waals surface area contributed by atoms with Gasteiger partial charge in [-0.2, -0.15) is 0 Å². The highest BCUT2D eigenvalue weighted by atomic mass is 16.5. The highest BCUT2D eigenvalue weighted by Gasteiger charge is 2.15. The fourth-order valence-corrected chi connectivity index (χ4v) is 2.15. The average molecular weight is 264 g/mol. The Bertz CT molecular complexity index is 377. The molecular formula is C16H28N2O. The van der Waals surface area contributed by atoms with Crippen molar-refractivity contribution in [2.24, 2.45) is 0 Å². The molecular weight excluding hydrogens is 236 g/mol. The summed E-state index contributed by atoms with van der Waals surface area (Å²) in [6, 6.07) is 6.96. The molecule has 0 radical (unpaired) electrons. The van der Waals surface area contributed by atoms with Crippen molar-refractivity contribution in [1.29, 1.82) is 0 Å². The van der Waals surface area contributed by atoms with Gasteiger partial charge >= 0.3 is 0 Å². The predicted molar refractivity (Wildman–Crippen MR) is 81.6 cm³/mol. The van der Waals surface area contributed by atoms with Crippen molar-refractivity contribution in [3.8, 4) is 5.75 Å². The molecule has 3 nitrogen and oxygen atoms in total. The van der Waals surface area contributed by atoms with Gasteiger partial charge in [-0.15, -0.1) is 0 Å². The van der Waals surface area contributed by atoms with Crippen LogP contribution < -0.4 is 10.1 Å². The minimum absolute atomic E-state index is 0.521. The van der Waals surface area contributed by atoms with Crippen molar-refractivity contribution in [1.82, 2.24) is 10.2 Å². The minimum atomic E-state index is 0.521. The molecule has 108 valence electrons. The van der Waals surface area contributed by atoms with Crippen molar-refractivity contribution in [2.75, 3.05) is 20.2 Å². The summed E-state index contributed by atoms with van der Waals surface area (Å²) in [7, 11) is 2.15. The topological polar surface area (TPSA) is 24.5 Å². The van der Waals surface area contributed by atoms with Crippen LogP contribution in [0.25, 0.3) is 0 Å². The second-order valence-corrected chi connectivity index (χ2v) is 5.06. The van der Waals surface area contributed by atoms with Crippen LogP contribution in [0.5, 0.6) is 5.75 Å². The summed E-state index contributed by atoms with van der Waals surface area (Å²) in [6.07, 6.45) is 0. The van der Waals surface area contributed by atoms with Crippen LogP contribution in [-0.2, 0) is 13.1 Å². The van der Waals surface area contributed by atoms with E-state index in [1.165, 1.54) is 11.1 Å². The lowest BCUT2D eigenvalue weighted by molar-refractivity contribution is 0.308. The van der Waals surface area contributed by atoms with E-state index < -0.39 is 0 Å². The number of nitrogens with one attached hydrogen (secondary N) is 1. The number of rotatable bonds is 5. The van der Waals surface area contributed by atoms with Gasteiger partial charge in [0.25, 0.3) is 0 Å². The van der Waals surface area contributed by atoms with Crippen molar-refractivity contribution in [3.63, 3.8) is 0 Å². The summed E-state index contributed by atoms with van der Waals surface area (Å²) >= 11 is 0. The van der Waals surface area contributed by atoms with Gasteiger partial charge in [0.05, 0.1) is 0 Å². The SMILES string of the molecule is CC.CC(C)NCCOc1ccc2c(c1)CN(C)C2. The van der Waals surface area contributed by atoms with Gasteiger partial charge in [0, 0.05) is 25.7 Å². The standard InChI is InChI=1S/C14H22N2O.C2H6/c1-11(2)15-6-7-17-14-5-4-12-9-16(3)10-13(12)8-14;1-2/h4-5,8,11,15H,6-7,9-10H2,1-3H3;1-2H3. The van der Waals surface area contributed by atoms with Gasteiger partial charge in [-0.3, -0.25) is 4.90 Å². The largest absolute Gasteiger partial charge is 0.492 e. The summed E-state index contributed by atoms with van der Waals surface area (Å²) in [4.78, 5) is 2.31. The smallest absolute Gasteiger partial charge is 0.119 e. The molecule has 1 aromatic carbocycles. The molecule has 19 heavy (non-hydrogen) atoms. The number of ether oxygens (including phenoxy) is 1. The number of nitrogens with zero attached hydrogens (tertiary/aromatic N) is 1. The Morgan fingerprint density at radius 2 is 1.89 bits per heavy atom. The third kappa shape index (κ3) is 5.21. The van der Waals surface area contributed by atoms with E-state index in [-0.39, 0.29) is 0 Å². The molecule has 2 rings (SSSR count). The number of fused-ring (bicyclic) bond motifs is 1. The van der Waals surface area contributed by atoms with Crippen LogP contribution in [0.3, 0.4) is 0 Å². The van der Waals surface area contributed by atoms with E-state index in [4.69, 9.17) is 4.74 Å². The second-order valence-electron chi connectivity index (χ2n) is 5.06. The quantitative estimate of drug-likeness (QED) is 0.827. The van der Waals surface area contributed by atoms with Gasteiger partial charge in [0.2, 0.25) is 0 Å². The average Bonchev–Trinajstić information content (AvgIpc) is 2.76. The Kier molecular flexibility index (Phi) is 6.89. The highest BCUT2D eigenvalue weighted by Crippen LogP contribution is 2.25. The first-order valence-electron chi connectivity index (χ1n) is 7.31. The predicted octanol–water partition coefficient (Wildman–Crippen LogP) is 3.04. The maximum absolute atomic E-state index is 5.74. The molecule has 0 spiro atoms.